The summed E-state index contributed by atoms with van der Waals surface area (Å²) < 4.78 is 0. The SMILES string of the molecule is CC1(C)c2ccccc2-c2cccc(N(c3ccccc3)c3ccc4cc5c6c(cccc6c4c3)C(C)(C)c3cc(N(c4ccccc4)c4cccc6c4C(C)(C)c4c(-c7ccccc7)cccc4-6)ccc3-5)c21. The molecule has 0 amide bonds. The van der Waals surface area contributed by atoms with Gasteiger partial charge < -0.3 is 9.80 Å². The zero-order valence-electron chi connectivity index (χ0n) is 42.3. The van der Waals surface area contributed by atoms with Crippen molar-refractivity contribution in [2.75, 3.05) is 9.80 Å². The van der Waals surface area contributed by atoms with Gasteiger partial charge in [0.15, 0.2) is 0 Å². The number of anilines is 6. The van der Waals surface area contributed by atoms with Crippen LogP contribution in [0.25, 0.3) is 66.1 Å². The van der Waals surface area contributed by atoms with Crippen molar-refractivity contribution < 1.29 is 0 Å². The molecule has 0 spiro atoms. The monoisotopic (exact) mass is 936 g/mol. The molecule has 0 saturated carbocycles. The second-order valence-corrected chi connectivity index (χ2v) is 22.0. The number of benzene rings is 11. The number of rotatable bonds is 7. The van der Waals surface area contributed by atoms with Gasteiger partial charge in [-0.2, -0.15) is 0 Å². The predicted molar refractivity (Wildman–Crippen MR) is 309 cm³/mol. The van der Waals surface area contributed by atoms with Crippen LogP contribution in [0.15, 0.2) is 231 Å². The molecular formula is C71H56N2. The van der Waals surface area contributed by atoms with Crippen molar-refractivity contribution in [1.82, 2.24) is 0 Å². The number of para-hydroxylation sites is 2. The maximum Gasteiger partial charge on any atom is 0.0508 e. The Hall–Kier alpha value is -8.46. The summed E-state index contributed by atoms with van der Waals surface area (Å²) in [4.78, 5) is 5.01. The molecule has 2 heteroatoms. The molecule has 0 saturated heterocycles. The molecule has 0 atom stereocenters. The third kappa shape index (κ3) is 6.23. The summed E-state index contributed by atoms with van der Waals surface area (Å²) in [5.74, 6) is 0. The summed E-state index contributed by atoms with van der Waals surface area (Å²) in [5.41, 5.74) is 24.8. The Bertz CT molecular complexity index is 4050. The second kappa shape index (κ2) is 15.8. The lowest BCUT2D eigenvalue weighted by molar-refractivity contribution is 0.645. The van der Waals surface area contributed by atoms with Crippen molar-refractivity contribution in [3.05, 3.63) is 264 Å². The highest BCUT2D eigenvalue weighted by Crippen LogP contribution is 2.59. The maximum absolute atomic E-state index is 2.52. The molecule has 0 N–H and O–H groups in total. The third-order valence-corrected chi connectivity index (χ3v) is 16.9. The summed E-state index contributed by atoms with van der Waals surface area (Å²) >= 11 is 0. The summed E-state index contributed by atoms with van der Waals surface area (Å²) in [5, 5.41) is 5.13. The third-order valence-electron chi connectivity index (χ3n) is 16.9. The van der Waals surface area contributed by atoms with Crippen molar-refractivity contribution >= 4 is 55.7 Å². The zero-order valence-corrected chi connectivity index (χ0v) is 42.3. The fourth-order valence-corrected chi connectivity index (χ4v) is 13.7. The van der Waals surface area contributed by atoms with Crippen molar-refractivity contribution in [3.8, 4) is 44.5 Å². The van der Waals surface area contributed by atoms with Crippen LogP contribution in [-0.2, 0) is 16.2 Å². The van der Waals surface area contributed by atoms with Crippen LogP contribution in [0, 0.1) is 0 Å². The van der Waals surface area contributed by atoms with E-state index in [1.54, 1.807) is 0 Å². The molecular weight excluding hydrogens is 881 g/mol. The molecule has 0 unspecified atom stereocenters. The second-order valence-electron chi connectivity index (χ2n) is 22.0. The molecule has 3 aliphatic carbocycles. The lowest BCUT2D eigenvalue weighted by Crippen LogP contribution is -2.25. The average molecular weight is 937 g/mol. The lowest BCUT2D eigenvalue weighted by atomic mass is 9.68. The number of hydrogen-bond donors (Lipinski definition) is 0. The molecule has 73 heavy (non-hydrogen) atoms. The van der Waals surface area contributed by atoms with Gasteiger partial charge in [0.1, 0.15) is 0 Å². The first-order chi connectivity index (χ1) is 35.5. The minimum absolute atomic E-state index is 0.174. The summed E-state index contributed by atoms with van der Waals surface area (Å²) in [6.07, 6.45) is 0. The van der Waals surface area contributed by atoms with Crippen molar-refractivity contribution in [3.63, 3.8) is 0 Å². The Morgan fingerprint density at radius 3 is 1.45 bits per heavy atom. The van der Waals surface area contributed by atoms with E-state index in [1.165, 1.54) is 111 Å². The van der Waals surface area contributed by atoms with Crippen molar-refractivity contribution in [2.45, 2.75) is 57.8 Å². The number of fused-ring (bicyclic) bond motifs is 10. The largest absolute Gasteiger partial charge is 0.310 e. The van der Waals surface area contributed by atoms with E-state index in [2.05, 4.69) is 282 Å². The van der Waals surface area contributed by atoms with Crippen molar-refractivity contribution in [1.29, 1.82) is 0 Å². The van der Waals surface area contributed by atoms with Crippen molar-refractivity contribution in [2.24, 2.45) is 0 Å². The van der Waals surface area contributed by atoms with E-state index in [9.17, 15) is 0 Å². The van der Waals surface area contributed by atoms with E-state index < -0.39 is 0 Å². The Labute approximate surface area is 429 Å². The highest BCUT2D eigenvalue weighted by molar-refractivity contribution is 6.17. The van der Waals surface area contributed by atoms with Gasteiger partial charge in [-0.25, -0.2) is 0 Å². The molecule has 0 radical (unpaired) electrons. The van der Waals surface area contributed by atoms with Gasteiger partial charge in [0, 0.05) is 39.0 Å². The topological polar surface area (TPSA) is 6.48 Å². The maximum atomic E-state index is 2.52. The van der Waals surface area contributed by atoms with Crippen LogP contribution in [0.4, 0.5) is 34.1 Å². The van der Waals surface area contributed by atoms with Crippen LogP contribution in [-0.4, -0.2) is 0 Å². The summed E-state index contributed by atoms with van der Waals surface area (Å²) in [7, 11) is 0. The minimum atomic E-state index is -0.300. The number of hydrogen-bond acceptors (Lipinski definition) is 2. The van der Waals surface area contributed by atoms with Crippen LogP contribution < -0.4 is 9.80 Å². The molecule has 0 fully saturated rings. The van der Waals surface area contributed by atoms with Gasteiger partial charge >= 0.3 is 0 Å². The lowest BCUT2D eigenvalue weighted by Gasteiger charge is -2.38. The molecule has 3 aliphatic rings. The standard InChI is InChI=1S/C71H56N2/c1-69(2)61-35-19-30-54-58-43-49(72(47-24-12-8-13-25-47)63-36-20-32-55-52-28-16-17-34-60(52)70(3,4)67(55)63)39-38-46(58)42-59(65(54)61)53-41-40-50(44-62(53)69)73(48-26-14-9-15-27-48)64-37-21-33-57-56-31-18-29-51(45-22-10-7-11-23-45)66(56)71(5,6)68(57)64/h7-44H,1-6H3. The average Bonchev–Trinajstić information content (AvgIpc) is 3.81. The van der Waals surface area contributed by atoms with Crippen LogP contribution in [0.5, 0.6) is 0 Å². The smallest absolute Gasteiger partial charge is 0.0508 e. The van der Waals surface area contributed by atoms with E-state index in [-0.39, 0.29) is 16.2 Å². The normalized spacial score (nSPS) is 14.8. The Morgan fingerprint density at radius 2 is 0.767 bits per heavy atom. The highest BCUT2D eigenvalue weighted by atomic mass is 15.2. The first kappa shape index (κ1) is 43.3. The fourth-order valence-electron chi connectivity index (χ4n) is 13.7. The molecule has 0 bridgehead atoms. The first-order valence-corrected chi connectivity index (χ1v) is 25.9. The van der Waals surface area contributed by atoms with Gasteiger partial charge in [0.25, 0.3) is 0 Å². The van der Waals surface area contributed by atoms with E-state index in [0.717, 1.165) is 22.7 Å². The van der Waals surface area contributed by atoms with Crippen LogP contribution in [0.3, 0.4) is 0 Å². The van der Waals surface area contributed by atoms with E-state index in [4.69, 9.17) is 0 Å². The molecule has 14 rings (SSSR count). The summed E-state index contributed by atoms with van der Waals surface area (Å²) in [6.45, 7) is 14.5. The van der Waals surface area contributed by atoms with Gasteiger partial charge in [-0.15, -0.1) is 0 Å². The molecule has 2 nitrogen and oxygen atoms in total. The Morgan fingerprint density at radius 1 is 0.274 bits per heavy atom. The molecule has 0 aliphatic heterocycles. The quantitative estimate of drug-likeness (QED) is 0.147. The number of nitrogens with zero attached hydrogens (tertiary/aromatic N) is 2. The molecule has 11 aromatic rings. The summed E-state index contributed by atoms with van der Waals surface area (Å²) in [6, 6.07) is 86.3. The van der Waals surface area contributed by atoms with Gasteiger partial charge in [-0.1, -0.05) is 205 Å². The first-order valence-electron chi connectivity index (χ1n) is 25.9. The Balaban J connectivity index is 0.928. The predicted octanol–water partition coefficient (Wildman–Crippen LogP) is 19.5. The Kier molecular flexibility index (Phi) is 9.36. The highest BCUT2D eigenvalue weighted by Gasteiger charge is 2.42. The van der Waals surface area contributed by atoms with Gasteiger partial charge in [-0.3, -0.25) is 0 Å². The van der Waals surface area contributed by atoms with E-state index in [1.807, 2.05) is 0 Å². The molecule has 0 aromatic heterocycles. The van der Waals surface area contributed by atoms with Gasteiger partial charge in [0.05, 0.1) is 11.4 Å². The van der Waals surface area contributed by atoms with Gasteiger partial charge in [0.2, 0.25) is 0 Å². The van der Waals surface area contributed by atoms with E-state index >= 15 is 0 Å². The molecule has 0 heterocycles. The van der Waals surface area contributed by atoms with Crippen LogP contribution >= 0.6 is 0 Å². The van der Waals surface area contributed by atoms with E-state index in [0.29, 0.717) is 0 Å². The van der Waals surface area contributed by atoms with Crippen LogP contribution in [0.2, 0.25) is 0 Å². The fraction of sp³-hybridized carbons (Fsp3) is 0.127. The zero-order chi connectivity index (χ0) is 49.4. The molecule has 11 aromatic carbocycles. The van der Waals surface area contributed by atoms with Gasteiger partial charge in [-0.05, 0) is 166 Å². The van der Waals surface area contributed by atoms with Crippen LogP contribution in [0.1, 0.15) is 74.9 Å². The molecule has 350 valence electrons. The minimum Gasteiger partial charge on any atom is -0.310 e.